The highest BCUT2D eigenvalue weighted by molar-refractivity contribution is 5.37. The van der Waals surface area contributed by atoms with Crippen molar-refractivity contribution in [1.29, 1.82) is 0 Å². The van der Waals surface area contributed by atoms with Crippen molar-refractivity contribution in [3.8, 4) is 5.75 Å². The first-order valence-electron chi connectivity index (χ1n) is 8.31. The fourth-order valence-corrected chi connectivity index (χ4v) is 2.67. The van der Waals surface area contributed by atoms with E-state index in [0.717, 1.165) is 47.7 Å². The molecule has 0 atom stereocenters. The molecule has 0 saturated carbocycles. The van der Waals surface area contributed by atoms with Gasteiger partial charge in [0, 0.05) is 11.1 Å². The third kappa shape index (κ3) is 5.08. The van der Waals surface area contributed by atoms with Crippen LogP contribution in [0.15, 0.2) is 22.7 Å². The molecule has 24 heavy (non-hydrogen) atoms. The van der Waals surface area contributed by atoms with Crippen molar-refractivity contribution in [3.63, 3.8) is 0 Å². The molecule has 2 aromatic rings. The Morgan fingerprint density at radius 1 is 1.17 bits per heavy atom. The van der Waals surface area contributed by atoms with Crippen LogP contribution in [0.25, 0.3) is 0 Å². The van der Waals surface area contributed by atoms with Gasteiger partial charge in [0.15, 0.2) is 0 Å². The van der Waals surface area contributed by atoms with Crippen molar-refractivity contribution in [3.05, 3.63) is 46.3 Å². The molecular formula is C19H28N2O3. The van der Waals surface area contributed by atoms with Gasteiger partial charge in [-0.05, 0) is 65.0 Å². The van der Waals surface area contributed by atoms with Crippen LogP contribution in [-0.2, 0) is 24.4 Å². The number of nitrogens with zero attached hydrogens (tertiary/aromatic N) is 2. The minimum Gasteiger partial charge on any atom is -0.496 e. The molecule has 0 radical (unpaired) electrons. The topological polar surface area (TPSA) is 47.7 Å². The third-order valence-corrected chi connectivity index (χ3v) is 4.10. The van der Waals surface area contributed by atoms with E-state index in [-0.39, 0.29) is 0 Å². The predicted molar refractivity (Wildman–Crippen MR) is 94.3 cm³/mol. The molecule has 0 saturated heterocycles. The van der Waals surface area contributed by atoms with Gasteiger partial charge in [-0.25, -0.2) is 0 Å². The lowest BCUT2D eigenvalue weighted by atomic mass is 10.1. The number of hydrogen-bond donors (Lipinski definition) is 0. The summed E-state index contributed by atoms with van der Waals surface area (Å²) in [7, 11) is 5.89. The lowest BCUT2D eigenvalue weighted by Gasteiger charge is -2.13. The maximum Gasteiger partial charge on any atom is 0.139 e. The van der Waals surface area contributed by atoms with Crippen LogP contribution >= 0.6 is 0 Å². The number of rotatable bonds is 9. The summed E-state index contributed by atoms with van der Waals surface area (Å²) in [5, 5.41) is 3.95. The van der Waals surface area contributed by atoms with Crippen LogP contribution in [0.1, 0.15) is 34.6 Å². The minimum atomic E-state index is 0.495. The Morgan fingerprint density at radius 2 is 1.96 bits per heavy atom. The molecule has 5 nitrogen and oxygen atoms in total. The molecule has 2 rings (SSSR count). The summed E-state index contributed by atoms with van der Waals surface area (Å²) in [4.78, 5) is 2.21. The molecule has 5 heteroatoms. The number of ether oxygens (including phenoxy) is 2. The zero-order valence-electron chi connectivity index (χ0n) is 15.4. The van der Waals surface area contributed by atoms with Crippen molar-refractivity contribution < 1.29 is 14.0 Å². The van der Waals surface area contributed by atoms with Crippen molar-refractivity contribution in [2.75, 3.05) is 27.7 Å². The molecule has 0 fully saturated rings. The summed E-state index contributed by atoms with van der Waals surface area (Å²) in [5.74, 6) is 1.68. The summed E-state index contributed by atoms with van der Waals surface area (Å²) in [6.07, 6.45) is 2.19. The van der Waals surface area contributed by atoms with Gasteiger partial charge in [-0.15, -0.1) is 0 Å². The van der Waals surface area contributed by atoms with Crippen molar-refractivity contribution in [2.45, 2.75) is 39.9 Å². The first-order valence-corrected chi connectivity index (χ1v) is 8.31. The summed E-state index contributed by atoms with van der Waals surface area (Å²) in [6, 6.07) is 6.34. The van der Waals surface area contributed by atoms with E-state index in [0.29, 0.717) is 13.2 Å². The van der Waals surface area contributed by atoms with Crippen LogP contribution in [0.4, 0.5) is 0 Å². The molecular weight excluding hydrogens is 304 g/mol. The van der Waals surface area contributed by atoms with Crippen molar-refractivity contribution >= 4 is 0 Å². The maximum atomic E-state index is 5.88. The average Bonchev–Trinajstić information content (AvgIpc) is 2.86. The Labute approximate surface area is 144 Å². The normalized spacial score (nSPS) is 11.2. The summed E-state index contributed by atoms with van der Waals surface area (Å²) in [5.41, 5.74) is 4.30. The van der Waals surface area contributed by atoms with E-state index in [1.165, 1.54) is 5.56 Å². The largest absolute Gasteiger partial charge is 0.496 e. The highest BCUT2D eigenvalue weighted by atomic mass is 16.5. The van der Waals surface area contributed by atoms with Gasteiger partial charge in [0.2, 0.25) is 0 Å². The SMILES string of the molecule is COc1ccc(CCCN(C)C)cc1COCc1c(C)noc1C. The van der Waals surface area contributed by atoms with E-state index in [2.05, 4.69) is 36.3 Å². The van der Waals surface area contributed by atoms with Crippen LogP contribution in [-0.4, -0.2) is 37.8 Å². The first-order chi connectivity index (χ1) is 11.5. The second kappa shape index (κ2) is 8.85. The van der Waals surface area contributed by atoms with E-state index in [4.69, 9.17) is 14.0 Å². The molecule has 132 valence electrons. The highest BCUT2D eigenvalue weighted by Gasteiger charge is 2.10. The molecule has 0 aliphatic rings. The van der Waals surface area contributed by atoms with Crippen molar-refractivity contribution in [1.82, 2.24) is 10.1 Å². The molecule has 0 unspecified atom stereocenters. The second-order valence-electron chi connectivity index (χ2n) is 6.35. The number of aryl methyl sites for hydroxylation is 3. The molecule has 0 bridgehead atoms. The van der Waals surface area contributed by atoms with Crippen LogP contribution in [0, 0.1) is 13.8 Å². The average molecular weight is 332 g/mol. The number of aromatic nitrogens is 1. The highest BCUT2D eigenvalue weighted by Crippen LogP contribution is 2.23. The van der Waals surface area contributed by atoms with Gasteiger partial charge in [-0.1, -0.05) is 11.2 Å². The number of hydrogen-bond acceptors (Lipinski definition) is 5. The van der Waals surface area contributed by atoms with Crippen molar-refractivity contribution in [2.24, 2.45) is 0 Å². The molecule has 0 spiro atoms. The van der Waals surface area contributed by atoms with Crippen LogP contribution in [0.3, 0.4) is 0 Å². The third-order valence-electron chi connectivity index (χ3n) is 4.10. The van der Waals surface area contributed by atoms with Gasteiger partial charge in [0.1, 0.15) is 11.5 Å². The Bertz CT molecular complexity index is 631. The van der Waals surface area contributed by atoms with Gasteiger partial charge in [0.25, 0.3) is 0 Å². The quantitative estimate of drug-likeness (QED) is 0.703. The van der Waals surface area contributed by atoms with Gasteiger partial charge >= 0.3 is 0 Å². The zero-order chi connectivity index (χ0) is 17.5. The molecule has 1 heterocycles. The fourth-order valence-electron chi connectivity index (χ4n) is 2.67. The molecule has 1 aromatic carbocycles. The van der Waals surface area contributed by atoms with E-state index < -0.39 is 0 Å². The number of methoxy groups -OCH3 is 1. The van der Waals surface area contributed by atoms with Crippen LogP contribution in [0.2, 0.25) is 0 Å². The smallest absolute Gasteiger partial charge is 0.139 e. The predicted octanol–water partition coefficient (Wildman–Crippen LogP) is 3.51. The molecule has 0 amide bonds. The van der Waals surface area contributed by atoms with E-state index in [1.807, 2.05) is 19.9 Å². The Balaban J connectivity index is 1.97. The van der Waals surface area contributed by atoms with Gasteiger partial charge in [-0.2, -0.15) is 0 Å². The Kier molecular flexibility index (Phi) is 6.82. The molecule has 0 N–H and O–H groups in total. The lowest BCUT2D eigenvalue weighted by Crippen LogP contribution is -2.13. The molecule has 0 aliphatic heterocycles. The summed E-state index contributed by atoms with van der Waals surface area (Å²) >= 11 is 0. The van der Waals surface area contributed by atoms with E-state index >= 15 is 0 Å². The monoisotopic (exact) mass is 332 g/mol. The molecule has 0 aliphatic carbocycles. The first kappa shape index (κ1) is 18.5. The Morgan fingerprint density at radius 3 is 2.58 bits per heavy atom. The number of benzene rings is 1. The van der Waals surface area contributed by atoms with E-state index in [1.54, 1.807) is 7.11 Å². The molecule has 1 aromatic heterocycles. The summed E-state index contributed by atoms with van der Waals surface area (Å²) in [6.45, 7) is 5.93. The van der Waals surface area contributed by atoms with Crippen LogP contribution < -0.4 is 4.74 Å². The fraction of sp³-hybridized carbons (Fsp3) is 0.526. The lowest BCUT2D eigenvalue weighted by molar-refractivity contribution is 0.104. The minimum absolute atomic E-state index is 0.495. The van der Waals surface area contributed by atoms with Crippen LogP contribution in [0.5, 0.6) is 5.75 Å². The standard InChI is InChI=1S/C19H28N2O3/c1-14-18(15(2)24-20-14)13-23-12-17-11-16(7-6-10-21(3)4)8-9-19(17)22-5/h8-9,11H,6-7,10,12-13H2,1-5H3. The van der Waals surface area contributed by atoms with Gasteiger partial charge < -0.3 is 18.9 Å². The Hall–Kier alpha value is -1.85. The summed E-state index contributed by atoms with van der Waals surface area (Å²) < 4.78 is 16.5. The van der Waals surface area contributed by atoms with E-state index in [9.17, 15) is 0 Å². The second-order valence-corrected chi connectivity index (χ2v) is 6.35. The maximum absolute atomic E-state index is 5.88. The van der Waals surface area contributed by atoms with Gasteiger partial charge in [0.05, 0.1) is 26.0 Å². The van der Waals surface area contributed by atoms with Gasteiger partial charge in [-0.3, -0.25) is 0 Å². The zero-order valence-corrected chi connectivity index (χ0v) is 15.4.